The molecule has 28 heavy (non-hydrogen) atoms. The maximum atomic E-state index is 11.4. The second-order valence-corrected chi connectivity index (χ2v) is 7.40. The Morgan fingerprint density at radius 3 is 2.68 bits per heavy atom. The van der Waals surface area contributed by atoms with Gasteiger partial charge in [0.15, 0.2) is 5.82 Å². The van der Waals surface area contributed by atoms with Gasteiger partial charge in [-0.25, -0.2) is 9.97 Å². The molecule has 2 N–H and O–H groups in total. The Bertz CT molecular complexity index is 1150. The first-order valence-corrected chi connectivity index (χ1v) is 9.60. The van der Waals surface area contributed by atoms with Crippen molar-refractivity contribution in [3.8, 4) is 34.0 Å². The van der Waals surface area contributed by atoms with Gasteiger partial charge in [-0.3, -0.25) is 9.89 Å². The summed E-state index contributed by atoms with van der Waals surface area (Å²) in [5.41, 5.74) is 3.56. The van der Waals surface area contributed by atoms with E-state index >= 15 is 0 Å². The lowest BCUT2D eigenvalue weighted by Gasteiger charge is -2.06. The van der Waals surface area contributed by atoms with Crippen molar-refractivity contribution in [1.82, 2.24) is 20.2 Å². The van der Waals surface area contributed by atoms with Crippen molar-refractivity contribution in [2.75, 3.05) is 5.32 Å². The first-order chi connectivity index (χ1) is 13.5. The Hall–Kier alpha value is -3.01. The molecule has 140 valence electrons. The highest BCUT2D eigenvalue weighted by Gasteiger charge is 2.20. The van der Waals surface area contributed by atoms with Crippen LogP contribution in [-0.4, -0.2) is 26.1 Å². The van der Waals surface area contributed by atoms with E-state index in [0.717, 1.165) is 25.8 Å². The second kappa shape index (κ2) is 7.55. The van der Waals surface area contributed by atoms with Gasteiger partial charge < -0.3 is 9.73 Å². The van der Waals surface area contributed by atoms with Crippen LogP contribution in [0.25, 0.3) is 34.0 Å². The Balaban J connectivity index is 1.90. The van der Waals surface area contributed by atoms with Gasteiger partial charge in [-0.2, -0.15) is 5.10 Å². The summed E-state index contributed by atoms with van der Waals surface area (Å²) >= 11 is 2.28. The van der Waals surface area contributed by atoms with E-state index in [9.17, 15) is 4.79 Å². The third-order valence-electron chi connectivity index (χ3n) is 4.19. The molecule has 1 aromatic carbocycles. The van der Waals surface area contributed by atoms with Crippen LogP contribution < -0.4 is 5.32 Å². The fourth-order valence-electron chi connectivity index (χ4n) is 2.92. The van der Waals surface area contributed by atoms with Crippen LogP contribution in [0.1, 0.15) is 12.5 Å². The molecule has 4 rings (SSSR count). The number of carbonyl (C=O) groups is 1. The van der Waals surface area contributed by atoms with Crippen molar-refractivity contribution < 1.29 is 9.21 Å². The van der Waals surface area contributed by atoms with Crippen LogP contribution in [0.5, 0.6) is 0 Å². The number of aryl methyl sites for hydroxylation is 1. The number of anilines is 1. The lowest BCUT2D eigenvalue weighted by atomic mass is 10.1. The van der Waals surface area contributed by atoms with E-state index in [1.165, 1.54) is 13.3 Å². The number of hydrogen-bond donors (Lipinski definition) is 2. The lowest BCUT2D eigenvalue weighted by molar-refractivity contribution is -0.114. The number of benzene rings is 1. The third kappa shape index (κ3) is 3.55. The molecule has 4 aromatic rings. The van der Waals surface area contributed by atoms with Crippen LogP contribution in [0.3, 0.4) is 0 Å². The predicted molar refractivity (Wildman–Crippen MR) is 115 cm³/mol. The van der Waals surface area contributed by atoms with Gasteiger partial charge in [-0.05, 0) is 53.3 Å². The largest absolute Gasteiger partial charge is 0.455 e. The van der Waals surface area contributed by atoms with Crippen LogP contribution in [0, 0.1) is 10.5 Å². The molecule has 0 unspecified atom stereocenters. The van der Waals surface area contributed by atoms with Crippen molar-refractivity contribution in [3.63, 3.8) is 0 Å². The summed E-state index contributed by atoms with van der Waals surface area (Å²) in [4.78, 5) is 19.9. The first kappa shape index (κ1) is 18.4. The topological polar surface area (TPSA) is 96.7 Å². The third-order valence-corrected chi connectivity index (χ3v) is 5.13. The molecule has 0 saturated carbocycles. The number of aromatic nitrogens is 4. The Labute approximate surface area is 174 Å². The molecular formula is C20H16IN5O2. The summed E-state index contributed by atoms with van der Waals surface area (Å²) in [6, 6.07) is 11.7. The van der Waals surface area contributed by atoms with Gasteiger partial charge in [-0.15, -0.1) is 0 Å². The van der Waals surface area contributed by atoms with E-state index < -0.39 is 0 Å². The van der Waals surface area contributed by atoms with Crippen LogP contribution in [0.15, 0.2) is 53.3 Å². The van der Waals surface area contributed by atoms with E-state index in [-0.39, 0.29) is 5.91 Å². The van der Waals surface area contributed by atoms with Crippen LogP contribution >= 0.6 is 22.6 Å². The zero-order valence-corrected chi connectivity index (χ0v) is 17.3. The SMILES string of the molecule is CC(=O)Nc1cc(-c2cc(-c3ncn[nH]3)c(-c3ccccc3I)o2)c(C)cn1. The number of rotatable bonds is 4. The Morgan fingerprint density at radius 2 is 1.96 bits per heavy atom. The zero-order valence-electron chi connectivity index (χ0n) is 15.2. The molecule has 3 aromatic heterocycles. The van der Waals surface area contributed by atoms with Gasteiger partial charge in [0.1, 0.15) is 23.7 Å². The number of aromatic amines is 1. The molecule has 0 aliphatic heterocycles. The molecular weight excluding hydrogens is 469 g/mol. The van der Waals surface area contributed by atoms with Crippen LogP contribution in [-0.2, 0) is 4.79 Å². The van der Waals surface area contributed by atoms with Crippen molar-refractivity contribution in [2.24, 2.45) is 0 Å². The maximum Gasteiger partial charge on any atom is 0.222 e. The minimum atomic E-state index is -0.177. The minimum absolute atomic E-state index is 0.177. The molecule has 0 saturated heterocycles. The minimum Gasteiger partial charge on any atom is -0.455 e. The number of carbonyl (C=O) groups excluding carboxylic acids is 1. The number of furan rings is 1. The quantitative estimate of drug-likeness (QED) is 0.410. The average Bonchev–Trinajstić information content (AvgIpc) is 3.32. The average molecular weight is 485 g/mol. The number of H-pyrrole nitrogens is 1. The molecule has 0 aliphatic carbocycles. The molecule has 0 bridgehead atoms. The van der Waals surface area contributed by atoms with Gasteiger partial charge in [-0.1, -0.05) is 18.2 Å². The Kier molecular flexibility index (Phi) is 4.95. The summed E-state index contributed by atoms with van der Waals surface area (Å²) in [7, 11) is 0. The molecule has 8 heteroatoms. The first-order valence-electron chi connectivity index (χ1n) is 8.52. The summed E-state index contributed by atoms with van der Waals surface area (Å²) < 4.78 is 7.36. The van der Waals surface area contributed by atoms with E-state index in [2.05, 4.69) is 48.1 Å². The van der Waals surface area contributed by atoms with E-state index in [1.54, 1.807) is 12.3 Å². The van der Waals surface area contributed by atoms with E-state index in [1.807, 2.05) is 37.3 Å². The van der Waals surface area contributed by atoms with Crippen molar-refractivity contribution in [3.05, 3.63) is 58.1 Å². The zero-order chi connectivity index (χ0) is 19.7. The summed E-state index contributed by atoms with van der Waals surface area (Å²) in [5, 5.41) is 9.58. The fourth-order valence-corrected chi connectivity index (χ4v) is 3.55. The van der Waals surface area contributed by atoms with E-state index in [4.69, 9.17) is 4.42 Å². The molecule has 0 atom stereocenters. The fraction of sp³-hybridized carbons (Fsp3) is 0.100. The van der Waals surface area contributed by atoms with Crippen LogP contribution in [0.2, 0.25) is 0 Å². The smallest absolute Gasteiger partial charge is 0.222 e. The molecule has 3 heterocycles. The lowest BCUT2D eigenvalue weighted by Crippen LogP contribution is -2.07. The molecule has 0 spiro atoms. The normalized spacial score (nSPS) is 10.8. The highest BCUT2D eigenvalue weighted by Crippen LogP contribution is 2.40. The van der Waals surface area contributed by atoms with Crippen molar-refractivity contribution in [2.45, 2.75) is 13.8 Å². The number of halogens is 1. The van der Waals surface area contributed by atoms with Gasteiger partial charge in [0.05, 0.1) is 5.56 Å². The van der Waals surface area contributed by atoms with Crippen LogP contribution in [0.4, 0.5) is 5.82 Å². The number of nitrogens with zero attached hydrogens (tertiary/aromatic N) is 3. The number of amides is 1. The number of nitrogens with one attached hydrogen (secondary N) is 2. The summed E-state index contributed by atoms with van der Waals surface area (Å²) in [6.45, 7) is 3.40. The molecule has 0 aliphatic rings. The molecule has 0 radical (unpaired) electrons. The van der Waals surface area contributed by atoms with Gasteiger partial charge in [0.2, 0.25) is 5.91 Å². The Morgan fingerprint density at radius 1 is 1.14 bits per heavy atom. The summed E-state index contributed by atoms with van der Waals surface area (Å²) in [6.07, 6.45) is 3.18. The van der Waals surface area contributed by atoms with Gasteiger partial charge >= 0.3 is 0 Å². The summed E-state index contributed by atoms with van der Waals surface area (Å²) in [5.74, 6) is 2.28. The van der Waals surface area contributed by atoms with E-state index in [0.29, 0.717) is 23.2 Å². The second-order valence-electron chi connectivity index (χ2n) is 6.23. The van der Waals surface area contributed by atoms with Crippen molar-refractivity contribution >= 4 is 34.3 Å². The number of pyridine rings is 1. The molecule has 0 fully saturated rings. The van der Waals surface area contributed by atoms with Gasteiger partial charge in [0, 0.05) is 27.8 Å². The molecule has 7 nitrogen and oxygen atoms in total. The highest BCUT2D eigenvalue weighted by molar-refractivity contribution is 14.1. The van der Waals surface area contributed by atoms with Gasteiger partial charge in [0.25, 0.3) is 0 Å². The highest BCUT2D eigenvalue weighted by atomic mass is 127. The standard InChI is InChI=1S/C20H16IN5O2/c1-11-9-22-18(25-12(2)27)8-14(11)17-7-15(20-23-10-24-26-20)19(28-17)13-5-3-4-6-16(13)21/h3-10H,1-2H3,(H,22,25,27)(H,23,24,26). The predicted octanol–water partition coefficient (Wildman–Crippen LogP) is 4.67. The number of hydrogen-bond acceptors (Lipinski definition) is 5. The molecule has 1 amide bonds. The van der Waals surface area contributed by atoms with Crippen molar-refractivity contribution in [1.29, 1.82) is 0 Å². The maximum absolute atomic E-state index is 11.4. The monoisotopic (exact) mass is 485 g/mol.